The molecule has 1 aliphatic carbocycles. The molecule has 146 valence electrons. The Morgan fingerprint density at radius 3 is 2.97 bits per heavy atom. The summed E-state index contributed by atoms with van der Waals surface area (Å²) in [6, 6.07) is 13.2. The van der Waals surface area contributed by atoms with Gasteiger partial charge in [0.05, 0.1) is 36.2 Å². The summed E-state index contributed by atoms with van der Waals surface area (Å²) in [5, 5.41) is 7.55. The van der Waals surface area contributed by atoms with Gasteiger partial charge in [-0.2, -0.15) is 5.10 Å². The van der Waals surface area contributed by atoms with Crippen LogP contribution in [0.5, 0.6) is 0 Å². The molecule has 1 atom stereocenters. The summed E-state index contributed by atoms with van der Waals surface area (Å²) < 4.78 is 16.7. The van der Waals surface area contributed by atoms with Crippen LogP contribution >= 0.6 is 0 Å². The van der Waals surface area contributed by atoms with E-state index in [1.165, 1.54) is 18.0 Å². The number of carbonyl (C=O) groups is 1. The largest absolute Gasteiger partial charge is 0.345 e. The number of hydrogen-bond donors (Lipinski definition) is 2. The molecule has 0 aliphatic heterocycles. The summed E-state index contributed by atoms with van der Waals surface area (Å²) in [7, 11) is 0. The molecule has 0 saturated heterocycles. The molecule has 7 heteroatoms. The molecule has 2 heterocycles. The zero-order valence-corrected chi connectivity index (χ0v) is 15.7. The molecule has 2 N–H and O–H groups in total. The van der Waals surface area contributed by atoms with Crippen LogP contribution in [0.3, 0.4) is 0 Å². The maximum atomic E-state index is 14.7. The number of carbonyl (C=O) groups excluding carboxylic acids is 1. The summed E-state index contributed by atoms with van der Waals surface area (Å²) in [5.74, 6) is -1.03. The lowest BCUT2D eigenvalue weighted by molar-refractivity contribution is 0.0929. The zero-order chi connectivity index (χ0) is 19.8. The number of benzene rings is 2. The van der Waals surface area contributed by atoms with E-state index in [4.69, 9.17) is 0 Å². The second-order valence-corrected chi connectivity index (χ2v) is 7.33. The van der Waals surface area contributed by atoms with Crippen molar-refractivity contribution in [3.63, 3.8) is 0 Å². The van der Waals surface area contributed by atoms with E-state index in [9.17, 15) is 9.18 Å². The molecule has 0 bridgehead atoms. The number of nitrogens with one attached hydrogen (secondary N) is 2. The second-order valence-electron chi connectivity index (χ2n) is 7.33. The van der Waals surface area contributed by atoms with E-state index >= 15 is 0 Å². The number of fused-ring (bicyclic) bond motifs is 2. The molecule has 4 aromatic rings. The first kappa shape index (κ1) is 17.6. The van der Waals surface area contributed by atoms with Gasteiger partial charge in [-0.15, -0.1) is 0 Å². The van der Waals surface area contributed by atoms with Crippen LogP contribution < -0.4 is 5.32 Å². The van der Waals surface area contributed by atoms with Crippen molar-refractivity contribution in [2.24, 2.45) is 0 Å². The second kappa shape index (κ2) is 7.16. The van der Waals surface area contributed by atoms with Crippen molar-refractivity contribution in [2.75, 3.05) is 0 Å². The minimum absolute atomic E-state index is 0.00778. The molecule has 2 aromatic heterocycles. The summed E-state index contributed by atoms with van der Waals surface area (Å²) in [5.41, 5.74) is 4.08. The van der Waals surface area contributed by atoms with Gasteiger partial charge in [0.2, 0.25) is 0 Å². The number of nitrogens with zero attached hydrogens (tertiary/aromatic N) is 3. The van der Waals surface area contributed by atoms with Crippen molar-refractivity contribution < 1.29 is 9.18 Å². The monoisotopic (exact) mass is 389 g/mol. The van der Waals surface area contributed by atoms with Crippen molar-refractivity contribution in [1.82, 2.24) is 25.1 Å². The number of rotatable bonds is 4. The molecular formula is C22H20FN5O. The number of H-pyrrole nitrogens is 1. The third-order valence-electron chi connectivity index (χ3n) is 5.52. The van der Waals surface area contributed by atoms with Gasteiger partial charge in [0, 0.05) is 11.3 Å². The lowest BCUT2D eigenvalue weighted by atomic mass is 9.92. The van der Waals surface area contributed by atoms with Crippen LogP contribution in [0.15, 0.2) is 55.0 Å². The van der Waals surface area contributed by atoms with E-state index in [1.54, 1.807) is 6.07 Å². The summed E-state index contributed by atoms with van der Waals surface area (Å²) in [6.45, 7) is 0.696. The van der Waals surface area contributed by atoms with E-state index in [0.717, 1.165) is 30.5 Å². The maximum absolute atomic E-state index is 14.7. The van der Waals surface area contributed by atoms with Crippen LogP contribution in [-0.4, -0.2) is 25.7 Å². The molecule has 0 fully saturated rings. The average Bonchev–Trinajstić information content (AvgIpc) is 3.37. The number of aromatic nitrogens is 4. The van der Waals surface area contributed by atoms with Crippen LogP contribution in [0, 0.1) is 5.82 Å². The summed E-state index contributed by atoms with van der Waals surface area (Å²) >= 11 is 0. The Hall–Kier alpha value is -3.48. The Balaban J connectivity index is 1.39. The highest BCUT2D eigenvalue weighted by atomic mass is 19.1. The van der Waals surface area contributed by atoms with E-state index < -0.39 is 11.7 Å². The number of aromatic amines is 1. The van der Waals surface area contributed by atoms with E-state index in [2.05, 4.69) is 32.5 Å². The molecule has 1 amide bonds. The Labute approximate surface area is 166 Å². The highest BCUT2D eigenvalue weighted by molar-refractivity contribution is 5.98. The predicted octanol–water partition coefficient (Wildman–Crippen LogP) is 3.75. The lowest BCUT2D eigenvalue weighted by Crippen LogP contribution is -2.31. The Bertz CT molecular complexity index is 1180. The van der Waals surface area contributed by atoms with Gasteiger partial charge in [-0.25, -0.2) is 9.37 Å². The molecule has 2 aromatic carbocycles. The van der Waals surface area contributed by atoms with Crippen LogP contribution in [0.4, 0.5) is 4.39 Å². The number of halogens is 1. The molecular weight excluding hydrogens is 369 g/mol. The molecule has 0 radical (unpaired) electrons. The first-order valence-corrected chi connectivity index (χ1v) is 9.71. The lowest BCUT2D eigenvalue weighted by Gasteiger charge is -2.24. The van der Waals surface area contributed by atoms with Crippen molar-refractivity contribution in [2.45, 2.75) is 31.8 Å². The first-order chi connectivity index (χ1) is 14.2. The zero-order valence-electron chi connectivity index (χ0n) is 15.7. The molecule has 5 rings (SSSR count). The standard InChI is InChI=1S/C22H20FN5O/c23-20-15(9-10-18-21(20)25-13-24-18)22(29)27-17-7-4-8-19-16(17)11-26-28(19)12-14-5-2-1-3-6-14/h1-3,5-6,9-11,13,17H,4,7-8,12H2,(H,24,25)(H,27,29). The molecule has 0 saturated carbocycles. The van der Waals surface area contributed by atoms with E-state index in [1.807, 2.05) is 29.1 Å². The van der Waals surface area contributed by atoms with Crippen LogP contribution in [0.1, 0.15) is 46.1 Å². The van der Waals surface area contributed by atoms with Gasteiger partial charge in [-0.1, -0.05) is 30.3 Å². The van der Waals surface area contributed by atoms with Gasteiger partial charge in [0.15, 0.2) is 5.82 Å². The molecule has 6 nitrogen and oxygen atoms in total. The van der Waals surface area contributed by atoms with Gasteiger partial charge in [0.25, 0.3) is 5.91 Å². The van der Waals surface area contributed by atoms with Crippen molar-refractivity contribution >= 4 is 16.9 Å². The highest BCUT2D eigenvalue weighted by Gasteiger charge is 2.27. The number of amides is 1. The smallest absolute Gasteiger partial charge is 0.254 e. The fraction of sp³-hybridized carbons (Fsp3) is 0.227. The third-order valence-corrected chi connectivity index (χ3v) is 5.52. The molecule has 1 unspecified atom stereocenters. The fourth-order valence-corrected chi connectivity index (χ4v) is 4.05. The van der Waals surface area contributed by atoms with Gasteiger partial charge in [-0.3, -0.25) is 9.48 Å². The molecule has 29 heavy (non-hydrogen) atoms. The number of hydrogen-bond acceptors (Lipinski definition) is 3. The highest BCUT2D eigenvalue weighted by Crippen LogP contribution is 2.30. The quantitative estimate of drug-likeness (QED) is 0.558. The third kappa shape index (κ3) is 3.18. The Morgan fingerprint density at radius 1 is 1.24 bits per heavy atom. The van der Waals surface area contributed by atoms with Crippen molar-refractivity contribution in [1.29, 1.82) is 0 Å². The topological polar surface area (TPSA) is 75.6 Å². The SMILES string of the molecule is O=C(NC1CCCc2c1cnn2Cc1ccccc1)c1ccc2[nH]cnc2c1F. The van der Waals surface area contributed by atoms with Crippen LogP contribution in [0.25, 0.3) is 11.0 Å². The van der Waals surface area contributed by atoms with Gasteiger partial charge >= 0.3 is 0 Å². The first-order valence-electron chi connectivity index (χ1n) is 9.71. The van der Waals surface area contributed by atoms with Gasteiger partial charge in [0.1, 0.15) is 5.52 Å². The van der Waals surface area contributed by atoms with E-state index in [-0.39, 0.29) is 17.1 Å². The fourth-order valence-electron chi connectivity index (χ4n) is 4.05. The average molecular weight is 389 g/mol. The summed E-state index contributed by atoms with van der Waals surface area (Å²) in [4.78, 5) is 19.6. The van der Waals surface area contributed by atoms with Crippen molar-refractivity contribution in [3.05, 3.63) is 83.2 Å². The Kier molecular flexibility index (Phi) is 4.35. The maximum Gasteiger partial charge on any atom is 0.254 e. The van der Waals surface area contributed by atoms with Gasteiger partial charge < -0.3 is 10.3 Å². The normalized spacial score (nSPS) is 16.0. The van der Waals surface area contributed by atoms with Crippen LogP contribution in [0.2, 0.25) is 0 Å². The Morgan fingerprint density at radius 2 is 2.10 bits per heavy atom. The van der Waals surface area contributed by atoms with Gasteiger partial charge in [-0.05, 0) is 37.0 Å². The summed E-state index contributed by atoms with van der Waals surface area (Å²) in [6.07, 6.45) is 5.92. The predicted molar refractivity (Wildman–Crippen MR) is 107 cm³/mol. The molecule has 1 aliphatic rings. The number of imidazole rings is 1. The van der Waals surface area contributed by atoms with Crippen LogP contribution in [-0.2, 0) is 13.0 Å². The minimum Gasteiger partial charge on any atom is -0.345 e. The minimum atomic E-state index is -0.600. The molecule has 0 spiro atoms. The van der Waals surface area contributed by atoms with Crippen molar-refractivity contribution in [3.8, 4) is 0 Å². The van der Waals surface area contributed by atoms with E-state index in [0.29, 0.717) is 12.1 Å².